The van der Waals surface area contributed by atoms with Crippen molar-refractivity contribution in [2.24, 2.45) is 5.18 Å². The lowest BCUT2D eigenvalue weighted by Crippen LogP contribution is -2.59. The number of non-ortho nitro benzene ring substituents is 1. The van der Waals surface area contributed by atoms with Gasteiger partial charge in [-0.05, 0) is 12.1 Å². The number of nitro benzene ring substituents is 1. The Bertz CT molecular complexity index is 536. The van der Waals surface area contributed by atoms with Crippen molar-refractivity contribution in [3.05, 3.63) is 39.3 Å². The van der Waals surface area contributed by atoms with Crippen molar-refractivity contribution < 1.29 is 29.7 Å². The lowest BCUT2D eigenvalue weighted by molar-refractivity contribution is -0.384. The van der Waals surface area contributed by atoms with E-state index in [4.69, 9.17) is 9.47 Å². The third kappa shape index (κ3) is 3.36. The van der Waals surface area contributed by atoms with Gasteiger partial charge in [0, 0.05) is 12.1 Å². The molecular formula is C12H14N2O8. The third-order valence-electron chi connectivity index (χ3n) is 3.22. The van der Waals surface area contributed by atoms with E-state index in [2.05, 4.69) is 5.18 Å². The average molecular weight is 314 g/mol. The predicted octanol–water partition coefficient (Wildman–Crippen LogP) is -0.452. The summed E-state index contributed by atoms with van der Waals surface area (Å²) in [6.07, 6.45) is -7.10. The van der Waals surface area contributed by atoms with Crippen LogP contribution in [0.15, 0.2) is 29.4 Å². The van der Waals surface area contributed by atoms with Gasteiger partial charge in [-0.25, -0.2) is 0 Å². The van der Waals surface area contributed by atoms with E-state index in [1.807, 2.05) is 0 Å². The molecule has 2 rings (SSSR count). The van der Waals surface area contributed by atoms with Crippen molar-refractivity contribution in [2.75, 3.05) is 6.54 Å². The standard InChI is InChI=1S/C12H14N2O8/c15-9-8(5-13-18)22-12(11(17)10(9)16)21-7-3-1-6(2-4-7)14(19)20/h1-4,8-12,15-17H,5H2/t8-,9-,10+,11-,12-/m1/s1. The molecule has 1 aliphatic rings. The largest absolute Gasteiger partial charge is 0.462 e. The number of nitrogens with zero attached hydrogens (tertiary/aromatic N) is 2. The Hall–Kier alpha value is -2.14. The Balaban J connectivity index is 2.09. The topological polar surface area (TPSA) is 152 Å². The molecule has 1 aromatic carbocycles. The molecule has 0 aromatic heterocycles. The van der Waals surface area contributed by atoms with Crippen LogP contribution in [-0.4, -0.2) is 57.5 Å². The summed E-state index contributed by atoms with van der Waals surface area (Å²) < 4.78 is 10.5. The molecule has 22 heavy (non-hydrogen) atoms. The normalized spacial score (nSPS) is 31.5. The summed E-state index contributed by atoms with van der Waals surface area (Å²) in [7, 11) is 0. The van der Waals surface area contributed by atoms with Gasteiger partial charge in [0.15, 0.2) is 0 Å². The van der Waals surface area contributed by atoms with Crippen LogP contribution in [0.3, 0.4) is 0 Å². The van der Waals surface area contributed by atoms with Gasteiger partial charge < -0.3 is 24.8 Å². The molecule has 0 radical (unpaired) electrons. The molecule has 1 aliphatic heterocycles. The number of nitro groups is 1. The maximum Gasteiger partial charge on any atom is 0.269 e. The molecule has 0 spiro atoms. The van der Waals surface area contributed by atoms with Gasteiger partial charge in [-0.15, -0.1) is 0 Å². The molecule has 1 fully saturated rings. The van der Waals surface area contributed by atoms with Gasteiger partial charge in [-0.1, -0.05) is 5.18 Å². The van der Waals surface area contributed by atoms with E-state index < -0.39 is 42.2 Å². The van der Waals surface area contributed by atoms with Crippen LogP contribution in [0.1, 0.15) is 0 Å². The highest BCUT2D eigenvalue weighted by Gasteiger charge is 2.45. The fourth-order valence-corrected chi connectivity index (χ4v) is 2.02. The van der Waals surface area contributed by atoms with Crippen molar-refractivity contribution in [1.82, 2.24) is 0 Å². The van der Waals surface area contributed by atoms with Crippen LogP contribution < -0.4 is 4.74 Å². The summed E-state index contributed by atoms with van der Waals surface area (Å²) in [4.78, 5) is 20.2. The quantitative estimate of drug-likeness (QED) is 0.375. The minimum Gasteiger partial charge on any atom is -0.462 e. The lowest BCUT2D eigenvalue weighted by Gasteiger charge is -2.39. The number of ether oxygens (including phenoxy) is 2. The van der Waals surface area contributed by atoms with E-state index in [1.54, 1.807) is 0 Å². The number of aliphatic hydroxyl groups excluding tert-OH is 3. The smallest absolute Gasteiger partial charge is 0.269 e. The van der Waals surface area contributed by atoms with Crippen molar-refractivity contribution in [2.45, 2.75) is 30.7 Å². The Morgan fingerprint density at radius 1 is 1.18 bits per heavy atom. The van der Waals surface area contributed by atoms with E-state index >= 15 is 0 Å². The van der Waals surface area contributed by atoms with Gasteiger partial charge in [-0.2, -0.15) is 4.91 Å². The average Bonchev–Trinajstić information content (AvgIpc) is 2.50. The first kappa shape index (κ1) is 16.2. The highest BCUT2D eigenvalue weighted by atomic mass is 16.7. The summed E-state index contributed by atoms with van der Waals surface area (Å²) >= 11 is 0. The van der Waals surface area contributed by atoms with Gasteiger partial charge in [0.2, 0.25) is 6.29 Å². The van der Waals surface area contributed by atoms with E-state index in [-0.39, 0.29) is 11.4 Å². The number of aliphatic hydroxyl groups is 3. The molecule has 0 saturated carbocycles. The first-order chi connectivity index (χ1) is 10.4. The second-order valence-corrected chi connectivity index (χ2v) is 4.70. The number of benzene rings is 1. The molecule has 0 amide bonds. The van der Waals surface area contributed by atoms with Gasteiger partial charge in [0.05, 0.1) is 4.92 Å². The molecule has 0 bridgehead atoms. The molecule has 3 N–H and O–H groups in total. The molecule has 1 saturated heterocycles. The Morgan fingerprint density at radius 2 is 1.82 bits per heavy atom. The molecule has 10 heteroatoms. The van der Waals surface area contributed by atoms with Crippen LogP contribution in [0.25, 0.3) is 0 Å². The zero-order valence-corrected chi connectivity index (χ0v) is 11.2. The highest BCUT2D eigenvalue weighted by Crippen LogP contribution is 2.25. The molecule has 5 atom stereocenters. The van der Waals surface area contributed by atoms with Crippen LogP contribution in [0, 0.1) is 15.0 Å². The van der Waals surface area contributed by atoms with Gasteiger partial charge in [-0.3, -0.25) is 10.1 Å². The third-order valence-corrected chi connectivity index (χ3v) is 3.22. The Morgan fingerprint density at radius 3 is 2.36 bits per heavy atom. The van der Waals surface area contributed by atoms with Crippen LogP contribution in [-0.2, 0) is 4.74 Å². The summed E-state index contributed by atoms with van der Waals surface area (Å²) in [5, 5.41) is 42.3. The zero-order chi connectivity index (χ0) is 16.3. The summed E-state index contributed by atoms with van der Waals surface area (Å²) in [5.41, 5.74) is -0.143. The Labute approximate surface area is 124 Å². The predicted molar refractivity (Wildman–Crippen MR) is 71.1 cm³/mol. The first-order valence-electron chi connectivity index (χ1n) is 6.34. The minimum atomic E-state index is -1.58. The monoisotopic (exact) mass is 314 g/mol. The summed E-state index contributed by atoms with van der Waals surface area (Å²) in [6.45, 7) is -0.426. The lowest BCUT2D eigenvalue weighted by atomic mass is 9.99. The van der Waals surface area contributed by atoms with E-state index in [0.29, 0.717) is 0 Å². The number of rotatable bonds is 5. The molecule has 10 nitrogen and oxygen atoms in total. The second kappa shape index (κ2) is 6.75. The molecule has 120 valence electrons. The van der Waals surface area contributed by atoms with E-state index in [1.165, 1.54) is 24.3 Å². The first-order valence-corrected chi connectivity index (χ1v) is 6.34. The second-order valence-electron chi connectivity index (χ2n) is 4.70. The van der Waals surface area contributed by atoms with Crippen LogP contribution in [0.4, 0.5) is 5.69 Å². The molecular weight excluding hydrogens is 300 g/mol. The Kier molecular flexibility index (Phi) is 4.98. The summed E-state index contributed by atoms with van der Waals surface area (Å²) in [6, 6.07) is 4.97. The van der Waals surface area contributed by atoms with Crippen LogP contribution in [0.2, 0.25) is 0 Å². The van der Waals surface area contributed by atoms with Gasteiger partial charge >= 0.3 is 0 Å². The van der Waals surface area contributed by atoms with Crippen molar-refractivity contribution >= 4 is 5.69 Å². The highest BCUT2D eigenvalue weighted by molar-refractivity contribution is 5.36. The van der Waals surface area contributed by atoms with Crippen LogP contribution in [0.5, 0.6) is 5.75 Å². The minimum absolute atomic E-state index is 0.143. The molecule has 0 unspecified atom stereocenters. The SMILES string of the molecule is O=NC[C@H]1O[C@@H](Oc2ccc([N+](=O)[O-])cc2)[C@H](O)[C@@H](O)[C@@H]1O. The molecule has 0 aliphatic carbocycles. The van der Waals surface area contributed by atoms with Crippen molar-refractivity contribution in [1.29, 1.82) is 0 Å². The van der Waals surface area contributed by atoms with Crippen LogP contribution >= 0.6 is 0 Å². The zero-order valence-electron chi connectivity index (χ0n) is 11.2. The maximum absolute atomic E-state index is 10.5. The van der Waals surface area contributed by atoms with E-state index in [0.717, 1.165) is 0 Å². The van der Waals surface area contributed by atoms with Crippen molar-refractivity contribution in [3.63, 3.8) is 0 Å². The summed E-state index contributed by atoms with van der Waals surface area (Å²) in [5.74, 6) is 0.149. The number of nitroso groups, excluding NO2 is 1. The fraction of sp³-hybridized carbons (Fsp3) is 0.500. The van der Waals surface area contributed by atoms with Gasteiger partial charge in [0.25, 0.3) is 5.69 Å². The number of hydrogen-bond donors (Lipinski definition) is 3. The van der Waals surface area contributed by atoms with Gasteiger partial charge in [0.1, 0.15) is 36.7 Å². The van der Waals surface area contributed by atoms with E-state index in [9.17, 15) is 30.3 Å². The molecule has 1 aromatic rings. The molecule has 1 heterocycles. The van der Waals surface area contributed by atoms with Crippen molar-refractivity contribution in [3.8, 4) is 5.75 Å². The maximum atomic E-state index is 10.5. The number of hydrogen-bond acceptors (Lipinski definition) is 9. The fourth-order valence-electron chi connectivity index (χ4n) is 2.02.